The van der Waals surface area contributed by atoms with Crippen molar-refractivity contribution in [3.05, 3.63) is 97.3 Å². The van der Waals surface area contributed by atoms with Crippen molar-refractivity contribution in [2.45, 2.75) is 80.3 Å². The largest absolute Gasteiger partial charge is 0.497 e. The fourth-order valence-corrected chi connectivity index (χ4v) is 10.1. The van der Waals surface area contributed by atoms with Crippen molar-refractivity contribution < 1.29 is 45.1 Å². The van der Waals surface area contributed by atoms with Gasteiger partial charge in [0.25, 0.3) is 5.91 Å². The molecule has 0 radical (unpaired) electrons. The summed E-state index contributed by atoms with van der Waals surface area (Å²) in [5, 5.41) is 2.68. The van der Waals surface area contributed by atoms with Crippen molar-refractivity contribution in [2.75, 3.05) is 13.7 Å². The number of likely N-dealkylation sites (tertiary alicyclic amines) is 1. The molecule has 3 aromatic carbocycles. The molecule has 7 rings (SSSR count). The van der Waals surface area contributed by atoms with Crippen LogP contribution in [0.2, 0.25) is 0 Å². The van der Waals surface area contributed by atoms with Crippen molar-refractivity contribution in [1.82, 2.24) is 24.6 Å². The van der Waals surface area contributed by atoms with E-state index < -0.39 is 83.9 Å². The van der Waals surface area contributed by atoms with E-state index in [2.05, 4.69) is 21.3 Å². The summed E-state index contributed by atoms with van der Waals surface area (Å²) >= 11 is 0. The van der Waals surface area contributed by atoms with Crippen molar-refractivity contribution >= 4 is 48.7 Å². The summed E-state index contributed by atoms with van der Waals surface area (Å²) in [5.74, 6) is -2.71. The summed E-state index contributed by atoms with van der Waals surface area (Å²) in [5.41, 5.74) is -0.757. The predicted octanol–water partition coefficient (Wildman–Crippen LogP) is 4.46. The quantitative estimate of drug-likeness (QED) is 0.153. The maximum atomic E-state index is 14.8. The summed E-state index contributed by atoms with van der Waals surface area (Å²) in [6, 6.07) is 17.9. The summed E-state index contributed by atoms with van der Waals surface area (Å²) < 4.78 is 83.3. The molecule has 2 unspecified atom stereocenters. The minimum absolute atomic E-state index is 0.0751. The maximum absolute atomic E-state index is 14.8. The molecule has 2 saturated carbocycles. The van der Waals surface area contributed by atoms with Gasteiger partial charge in [-0.3, -0.25) is 19.1 Å². The van der Waals surface area contributed by atoms with E-state index in [0.29, 0.717) is 40.9 Å². The van der Waals surface area contributed by atoms with Gasteiger partial charge in [0.15, 0.2) is 0 Å². The standard InChI is InChI=1S/C42H46FN5O9S2/c1-6-26-23-42(26,40(51)47-59(54,55)31-17-18-31)45-38(49)35-21-29(24-48(35)39(50)37(41(2,3)4)46-58(52,53)30-15-12-27(43)13-16-30)57-36-22-33(25-10-8-7-9-11-25)44-34-20-28(56-5)14-19-32(34)36/h6-16,19-20,22,26,29,31,35,37,46H,1,17-18,21,23-24H2,2-5H3,(H,45,49)(H,47,51)/t26?,29-,35+,37-,42?/m1/s1. The second-order valence-corrected chi connectivity index (χ2v) is 20.0. The van der Waals surface area contributed by atoms with Crippen molar-refractivity contribution in [2.24, 2.45) is 11.3 Å². The summed E-state index contributed by atoms with van der Waals surface area (Å²) in [7, 11) is -6.82. The molecule has 3 aliphatic rings. The number of nitrogens with zero attached hydrogens (tertiary/aromatic N) is 2. The predicted molar refractivity (Wildman–Crippen MR) is 217 cm³/mol. The van der Waals surface area contributed by atoms with Gasteiger partial charge in [0, 0.05) is 35.4 Å². The van der Waals surface area contributed by atoms with Crippen LogP contribution in [0, 0.1) is 17.2 Å². The van der Waals surface area contributed by atoms with Crippen molar-refractivity contribution in [3.63, 3.8) is 0 Å². The van der Waals surface area contributed by atoms with Gasteiger partial charge in [-0.25, -0.2) is 26.2 Å². The third-order valence-electron chi connectivity index (χ3n) is 10.9. The molecule has 3 amide bonds. The normalized spacial score (nSPS) is 22.3. The molecular formula is C42H46FN5O9S2. The van der Waals surface area contributed by atoms with Crippen LogP contribution in [0.25, 0.3) is 22.2 Å². The van der Waals surface area contributed by atoms with Crippen LogP contribution in [0.3, 0.4) is 0 Å². The highest BCUT2D eigenvalue weighted by atomic mass is 32.2. The van der Waals surface area contributed by atoms with Gasteiger partial charge in [0.2, 0.25) is 31.9 Å². The number of fused-ring (bicyclic) bond motifs is 1. The average molecular weight is 848 g/mol. The molecule has 3 N–H and O–H groups in total. The number of amides is 3. The Morgan fingerprint density at radius 1 is 1.00 bits per heavy atom. The molecule has 2 heterocycles. The third-order valence-corrected chi connectivity index (χ3v) is 14.2. The highest BCUT2D eigenvalue weighted by Crippen LogP contribution is 2.46. The molecule has 0 bridgehead atoms. The molecular weight excluding hydrogens is 802 g/mol. The van der Waals surface area contributed by atoms with Gasteiger partial charge in [-0.2, -0.15) is 4.72 Å². The van der Waals surface area contributed by atoms with Gasteiger partial charge < -0.3 is 19.7 Å². The average Bonchev–Trinajstić information content (AvgIpc) is 4.13. The molecule has 17 heteroatoms. The monoisotopic (exact) mass is 847 g/mol. The van der Waals surface area contributed by atoms with Crippen molar-refractivity contribution in [3.8, 4) is 22.8 Å². The number of sulfonamides is 2. The minimum atomic E-state index is -4.39. The zero-order valence-electron chi connectivity index (χ0n) is 33.0. The summed E-state index contributed by atoms with van der Waals surface area (Å²) in [6.07, 6.45) is 1.44. The first-order chi connectivity index (χ1) is 27.8. The fraction of sp³-hybridized carbons (Fsp3) is 0.381. The van der Waals surface area contributed by atoms with Crippen molar-refractivity contribution in [1.29, 1.82) is 0 Å². The zero-order valence-corrected chi connectivity index (χ0v) is 34.6. The van der Waals surface area contributed by atoms with Crippen LogP contribution < -0.4 is 24.2 Å². The first kappa shape index (κ1) is 41.8. The number of hydrogen-bond acceptors (Lipinski definition) is 10. The second-order valence-electron chi connectivity index (χ2n) is 16.3. The third kappa shape index (κ3) is 8.68. The molecule has 59 heavy (non-hydrogen) atoms. The van der Waals surface area contributed by atoms with Crippen LogP contribution in [0.1, 0.15) is 46.5 Å². The lowest BCUT2D eigenvalue weighted by molar-refractivity contribution is -0.142. The van der Waals surface area contributed by atoms with Crippen LogP contribution in [0.5, 0.6) is 11.5 Å². The minimum Gasteiger partial charge on any atom is -0.497 e. The number of hydrogen-bond donors (Lipinski definition) is 3. The smallest absolute Gasteiger partial charge is 0.259 e. The van der Waals surface area contributed by atoms with Gasteiger partial charge >= 0.3 is 0 Å². The molecule has 1 aliphatic heterocycles. The maximum Gasteiger partial charge on any atom is 0.259 e. The lowest BCUT2D eigenvalue weighted by Crippen LogP contribution is -2.60. The molecule has 14 nitrogen and oxygen atoms in total. The van der Waals surface area contributed by atoms with Crippen LogP contribution in [0.4, 0.5) is 4.39 Å². The Morgan fingerprint density at radius 3 is 2.31 bits per heavy atom. The number of methoxy groups -OCH3 is 1. The van der Waals surface area contributed by atoms with E-state index in [0.717, 1.165) is 29.8 Å². The van der Waals surface area contributed by atoms with Gasteiger partial charge in [-0.1, -0.05) is 57.2 Å². The Morgan fingerprint density at radius 2 is 1.69 bits per heavy atom. The van der Waals surface area contributed by atoms with Crippen LogP contribution in [-0.4, -0.2) is 87.1 Å². The van der Waals surface area contributed by atoms with Gasteiger partial charge in [-0.05, 0) is 61.1 Å². The van der Waals surface area contributed by atoms with E-state index >= 15 is 0 Å². The molecule has 1 saturated heterocycles. The number of nitrogens with one attached hydrogen (secondary N) is 3. The fourth-order valence-electron chi connectivity index (χ4n) is 7.33. The molecule has 2 aliphatic carbocycles. The number of pyridine rings is 1. The highest BCUT2D eigenvalue weighted by Gasteiger charge is 2.62. The Bertz CT molecular complexity index is 2530. The highest BCUT2D eigenvalue weighted by molar-refractivity contribution is 7.91. The van der Waals surface area contributed by atoms with E-state index in [1.807, 2.05) is 30.3 Å². The lowest BCUT2D eigenvalue weighted by atomic mass is 9.86. The molecule has 3 fully saturated rings. The van der Waals surface area contributed by atoms with E-state index in [-0.39, 0.29) is 24.3 Å². The van der Waals surface area contributed by atoms with Gasteiger partial charge in [-0.15, -0.1) is 6.58 Å². The first-order valence-electron chi connectivity index (χ1n) is 19.1. The SMILES string of the molecule is C=CC1CC1(NC(=O)[C@@H]1C[C@@H](Oc2cc(-c3ccccc3)nc3cc(OC)ccc23)CN1C(=O)[C@@H](NS(=O)(=O)c1ccc(F)cc1)C(C)(C)C)C(=O)NS(=O)(=O)C1CC1. The number of aromatic nitrogens is 1. The lowest BCUT2D eigenvalue weighted by Gasteiger charge is -2.35. The summed E-state index contributed by atoms with van der Waals surface area (Å²) in [6.45, 7) is 8.55. The number of benzene rings is 3. The van der Waals surface area contributed by atoms with E-state index in [9.17, 15) is 35.6 Å². The van der Waals surface area contributed by atoms with Crippen LogP contribution >= 0.6 is 0 Å². The number of rotatable bonds is 14. The molecule has 5 atom stereocenters. The van der Waals surface area contributed by atoms with Crippen LogP contribution in [0.15, 0.2) is 96.4 Å². The number of halogens is 1. The topological polar surface area (TPSA) is 190 Å². The van der Waals surface area contributed by atoms with Crippen LogP contribution in [-0.2, 0) is 34.4 Å². The van der Waals surface area contributed by atoms with E-state index in [4.69, 9.17) is 14.5 Å². The molecule has 0 spiro atoms. The molecule has 312 valence electrons. The Balaban J connectivity index is 1.24. The number of carbonyl (C=O) groups excluding carboxylic acids is 3. The molecule has 4 aromatic rings. The first-order valence-corrected chi connectivity index (χ1v) is 22.2. The zero-order chi connectivity index (χ0) is 42.5. The number of ether oxygens (including phenoxy) is 2. The Hall–Kier alpha value is -5.39. The van der Waals surface area contributed by atoms with E-state index in [1.165, 1.54) is 18.1 Å². The van der Waals surface area contributed by atoms with Gasteiger partial charge in [0.05, 0.1) is 35.0 Å². The Kier molecular flexibility index (Phi) is 11.1. The summed E-state index contributed by atoms with van der Waals surface area (Å²) in [4.78, 5) is 48.7. The van der Waals surface area contributed by atoms with E-state index in [1.54, 1.807) is 45.0 Å². The number of carbonyl (C=O) groups is 3. The second kappa shape index (κ2) is 15.7. The molecule has 1 aromatic heterocycles. The van der Waals surface area contributed by atoms with Gasteiger partial charge in [0.1, 0.15) is 41.0 Å². The Labute approximate surface area is 342 Å².